The molecule has 21 heavy (non-hydrogen) atoms. The fourth-order valence-corrected chi connectivity index (χ4v) is 2.93. The number of para-hydroxylation sites is 1. The Kier molecular flexibility index (Phi) is 4.36. The molecule has 1 aliphatic carbocycles. The van der Waals surface area contributed by atoms with E-state index in [0.29, 0.717) is 6.04 Å². The molecule has 0 radical (unpaired) electrons. The number of pyridine rings is 1. The molecule has 0 atom stereocenters. The molecule has 0 spiro atoms. The molecule has 1 saturated carbocycles. The molecule has 3 rings (SSSR count). The lowest BCUT2D eigenvalue weighted by Crippen LogP contribution is -2.41. The van der Waals surface area contributed by atoms with E-state index in [-0.39, 0.29) is 13.2 Å². The van der Waals surface area contributed by atoms with Crippen LogP contribution in [0.4, 0.5) is 5.82 Å². The van der Waals surface area contributed by atoms with Gasteiger partial charge in [0.2, 0.25) is 0 Å². The first-order valence-corrected chi connectivity index (χ1v) is 7.70. The third kappa shape index (κ3) is 2.87. The second-order valence-corrected chi connectivity index (χ2v) is 5.67. The van der Waals surface area contributed by atoms with Crippen molar-refractivity contribution in [3.05, 3.63) is 35.9 Å². The van der Waals surface area contributed by atoms with E-state index in [1.165, 1.54) is 19.3 Å². The SMILES string of the molecule is OCCCN(c1cc(CO)c2ccccc2n1)C1CCC1. The molecule has 0 amide bonds. The minimum Gasteiger partial charge on any atom is -0.396 e. The topological polar surface area (TPSA) is 56.6 Å². The zero-order valence-corrected chi connectivity index (χ0v) is 12.2. The molecule has 4 nitrogen and oxygen atoms in total. The number of nitrogens with zero attached hydrogens (tertiary/aromatic N) is 2. The first-order chi connectivity index (χ1) is 10.3. The van der Waals surface area contributed by atoms with Gasteiger partial charge in [-0.25, -0.2) is 4.98 Å². The van der Waals surface area contributed by atoms with Gasteiger partial charge in [-0.2, -0.15) is 0 Å². The van der Waals surface area contributed by atoms with Crippen molar-refractivity contribution in [2.45, 2.75) is 38.3 Å². The van der Waals surface area contributed by atoms with E-state index in [2.05, 4.69) is 4.90 Å². The Bertz CT molecular complexity index is 611. The number of benzene rings is 1. The number of anilines is 1. The molecule has 2 N–H and O–H groups in total. The molecule has 2 aromatic rings. The molecule has 0 unspecified atom stereocenters. The van der Waals surface area contributed by atoms with Crippen molar-refractivity contribution in [1.82, 2.24) is 4.98 Å². The number of rotatable bonds is 6. The van der Waals surface area contributed by atoms with E-state index < -0.39 is 0 Å². The third-order valence-corrected chi connectivity index (χ3v) is 4.33. The Hall–Kier alpha value is -1.65. The van der Waals surface area contributed by atoms with Crippen LogP contribution in [0.5, 0.6) is 0 Å². The van der Waals surface area contributed by atoms with Crippen LogP contribution < -0.4 is 4.90 Å². The summed E-state index contributed by atoms with van der Waals surface area (Å²) in [5.41, 5.74) is 1.84. The van der Waals surface area contributed by atoms with Crippen molar-refractivity contribution >= 4 is 16.7 Å². The lowest BCUT2D eigenvalue weighted by molar-refractivity contribution is 0.281. The van der Waals surface area contributed by atoms with Crippen molar-refractivity contribution in [3.63, 3.8) is 0 Å². The van der Waals surface area contributed by atoms with Gasteiger partial charge in [-0.3, -0.25) is 0 Å². The summed E-state index contributed by atoms with van der Waals surface area (Å²) in [6.45, 7) is 1.04. The molecule has 0 bridgehead atoms. The zero-order valence-electron chi connectivity index (χ0n) is 12.2. The molecule has 1 heterocycles. The Balaban J connectivity index is 1.99. The Morgan fingerprint density at radius 2 is 2.00 bits per heavy atom. The van der Waals surface area contributed by atoms with Crippen LogP contribution in [0.25, 0.3) is 10.9 Å². The molecule has 1 aromatic carbocycles. The van der Waals surface area contributed by atoms with Crippen LogP contribution in [0, 0.1) is 0 Å². The highest BCUT2D eigenvalue weighted by atomic mass is 16.3. The monoisotopic (exact) mass is 286 g/mol. The quantitative estimate of drug-likeness (QED) is 0.856. The summed E-state index contributed by atoms with van der Waals surface area (Å²) in [5.74, 6) is 0.927. The largest absolute Gasteiger partial charge is 0.396 e. The van der Waals surface area contributed by atoms with Crippen LogP contribution in [0.15, 0.2) is 30.3 Å². The molecule has 0 aliphatic heterocycles. The second-order valence-electron chi connectivity index (χ2n) is 5.67. The predicted molar refractivity (Wildman–Crippen MR) is 84.4 cm³/mol. The summed E-state index contributed by atoms with van der Waals surface area (Å²) in [7, 11) is 0. The summed E-state index contributed by atoms with van der Waals surface area (Å²) in [4.78, 5) is 7.07. The van der Waals surface area contributed by atoms with Gasteiger partial charge in [-0.1, -0.05) is 18.2 Å². The first kappa shape index (κ1) is 14.3. The van der Waals surface area contributed by atoms with Crippen LogP contribution >= 0.6 is 0 Å². The maximum absolute atomic E-state index is 9.64. The maximum Gasteiger partial charge on any atom is 0.129 e. The van der Waals surface area contributed by atoms with E-state index in [9.17, 15) is 5.11 Å². The number of aliphatic hydroxyl groups excluding tert-OH is 2. The summed E-state index contributed by atoms with van der Waals surface area (Å²) in [6, 6.07) is 10.5. The van der Waals surface area contributed by atoms with Gasteiger partial charge in [0.05, 0.1) is 12.1 Å². The number of hydrogen-bond donors (Lipinski definition) is 2. The van der Waals surface area contributed by atoms with Gasteiger partial charge in [-0.05, 0) is 43.4 Å². The summed E-state index contributed by atoms with van der Waals surface area (Å²) < 4.78 is 0. The van der Waals surface area contributed by atoms with Gasteiger partial charge in [0, 0.05) is 24.6 Å². The minimum atomic E-state index is 0.0224. The Morgan fingerprint density at radius 1 is 1.19 bits per heavy atom. The normalized spacial score (nSPS) is 15.1. The molecule has 0 saturated heterocycles. The highest BCUT2D eigenvalue weighted by Crippen LogP contribution is 2.31. The number of fused-ring (bicyclic) bond motifs is 1. The van der Waals surface area contributed by atoms with E-state index in [4.69, 9.17) is 10.1 Å². The first-order valence-electron chi connectivity index (χ1n) is 7.70. The van der Waals surface area contributed by atoms with Crippen molar-refractivity contribution < 1.29 is 10.2 Å². The van der Waals surface area contributed by atoms with Crippen LogP contribution in [0.3, 0.4) is 0 Å². The second kappa shape index (κ2) is 6.41. The highest BCUT2D eigenvalue weighted by molar-refractivity contribution is 5.84. The molecular formula is C17H22N2O2. The van der Waals surface area contributed by atoms with E-state index >= 15 is 0 Å². The molecule has 4 heteroatoms. The van der Waals surface area contributed by atoms with E-state index in [1.54, 1.807) is 0 Å². The van der Waals surface area contributed by atoms with Crippen LogP contribution in [0.1, 0.15) is 31.2 Å². The maximum atomic E-state index is 9.64. The smallest absolute Gasteiger partial charge is 0.129 e. The van der Waals surface area contributed by atoms with Gasteiger partial charge >= 0.3 is 0 Å². The summed E-state index contributed by atoms with van der Waals surface area (Å²) in [5, 5.41) is 19.8. The molecule has 1 aromatic heterocycles. The fraction of sp³-hybridized carbons (Fsp3) is 0.471. The summed E-state index contributed by atoms with van der Waals surface area (Å²) >= 11 is 0. The highest BCUT2D eigenvalue weighted by Gasteiger charge is 2.26. The van der Waals surface area contributed by atoms with E-state index in [0.717, 1.165) is 35.2 Å². The molecular weight excluding hydrogens is 264 g/mol. The van der Waals surface area contributed by atoms with Gasteiger partial charge < -0.3 is 15.1 Å². The average molecular weight is 286 g/mol. The molecule has 112 valence electrons. The number of aromatic nitrogens is 1. The third-order valence-electron chi connectivity index (χ3n) is 4.33. The Labute approximate surface area is 125 Å². The molecule has 1 aliphatic rings. The van der Waals surface area contributed by atoms with Crippen LogP contribution in [0.2, 0.25) is 0 Å². The van der Waals surface area contributed by atoms with Crippen molar-refractivity contribution in [1.29, 1.82) is 0 Å². The van der Waals surface area contributed by atoms with Crippen LogP contribution in [-0.4, -0.2) is 34.4 Å². The van der Waals surface area contributed by atoms with Gasteiger partial charge in [0.15, 0.2) is 0 Å². The summed E-state index contributed by atoms with van der Waals surface area (Å²) in [6.07, 6.45) is 4.39. The fourth-order valence-electron chi connectivity index (χ4n) is 2.93. The minimum absolute atomic E-state index is 0.0224. The standard InChI is InChI=1S/C17H22N2O2/c20-10-4-9-19(14-5-3-6-14)17-11-13(12-21)15-7-1-2-8-16(15)18-17/h1-2,7-8,11,14,20-21H,3-6,9-10,12H2. The predicted octanol–water partition coefficient (Wildman–Crippen LogP) is 2.47. The Morgan fingerprint density at radius 3 is 2.67 bits per heavy atom. The van der Waals surface area contributed by atoms with Crippen molar-refractivity contribution in [3.8, 4) is 0 Å². The van der Waals surface area contributed by atoms with Crippen molar-refractivity contribution in [2.24, 2.45) is 0 Å². The van der Waals surface area contributed by atoms with Crippen molar-refractivity contribution in [2.75, 3.05) is 18.1 Å². The average Bonchev–Trinajstić information content (AvgIpc) is 2.48. The number of hydrogen-bond acceptors (Lipinski definition) is 4. The lowest BCUT2D eigenvalue weighted by atomic mass is 9.91. The van der Waals surface area contributed by atoms with Gasteiger partial charge in [0.1, 0.15) is 5.82 Å². The lowest BCUT2D eigenvalue weighted by Gasteiger charge is -2.38. The van der Waals surface area contributed by atoms with Gasteiger partial charge in [0.25, 0.3) is 0 Å². The van der Waals surface area contributed by atoms with Crippen LogP contribution in [-0.2, 0) is 6.61 Å². The van der Waals surface area contributed by atoms with Gasteiger partial charge in [-0.15, -0.1) is 0 Å². The molecule has 1 fully saturated rings. The number of aliphatic hydroxyl groups is 2. The zero-order chi connectivity index (χ0) is 14.7. The van der Waals surface area contributed by atoms with E-state index in [1.807, 2.05) is 30.3 Å².